The average Bonchev–Trinajstić information content (AvgIpc) is 2.98. The van der Waals surface area contributed by atoms with Crippen molar-refractivity contribution in [3.8, 4) is 11.5 Å². The van der Waals surface area contributed by atoms with Gasteiger partial charge in [-0.2, -0.15) is 0 Å². The SMILES string of the molecule is COc1ccc(S(=O)(=O)N(C)c2ccc(C(=O)Nc3ccc(S(=O)(=O)Nc4ccc(C)c(C)c4)cc3)cc2)cc1OC. The van der Waals surface area contributed by atoms with E-state index >= 15 is 0 Å². The summed E-state index contributed by atoms with van der Waals surface area (Å²) in [5.74, 6) is 0.234. The van der Waals surface area contributed by atoms with E-state index in [9.17, 15) is 21.6 Å². The predicted molar refractivity (Wildman–Crippen MR) is 163 cm³/mol. The van der Waals surface area contributed by atoms with Gasteiger partial charge in [0.25, 0.3) is 26.0 Å². The molecule has 0 unspecified atom stereocenters. The lowest BCUT2D eigenvalue weighted by Crippen LogP contribution is -2.26. The molecule has 0 heterocycles. The molecule has 1 amide bonds. The number of sulfonamides is 2. The summed E-state index contributed by atoms with van der Waals surface area (Å²) < 4.78 is 66.0. The number of hydrogen-bond donors (Lipinski definition) is 2. The second kappa shape index (κ2) is 12.1. The summed E-state index contributed by atoms with van der Waals surface area (Å²) in [5, 5.41) is 2.72. The Bertz CT molecular complexity index is 1820. The quantitative estimate of drug-likeness (QED) is 0.253. The number of benzene rings is 4. The molecule has 42 heavy (non-hydrogen) atoms. The molecule has 0 saturated heterocycles. The molecule has 220 valence electrons. The molecule has 4 aromatic carbocycles. The van der Waals surface area contributed by atoms with Crippen molar-refractivity contribution in [3.63, 3.8) is 0 Å². The number of methoxy groups -OCH3 is 2. The molecule has 12 heteroatoms. The minimum atomic E-state index is -3.93. The van der Waals surface area contributed by atoms with E-state index < -0.39 is 26.0 Å². The third kappa shape index (κ3) is 6.50. The monoisotopic (exact) mass is 609 g/mol. The van der Waals surface area contributed by atoms with Gasteiger partial charge in [-0.15, -0.1) is 0 Å². The zero-order valence-electron chi connectivity index (χ0n) is 23.7. The molecule has 0 spiro atoms. The number of nitrogens with zero attached hydrogens (tertiary/aromatic N) is 1. The lowest BCUT2D eigenvalue weighted by Gasteiger charge is -2.20. The molecule has 0 bridgehead atoms. The second-order valence-corrected chi connectivity index (χ2v) is 13.1. The number of aryl methyl sites for hydroxylation is 2. The maximum absolute atomic E-state index is 13.2. The number of nitrogens with one attached hydrogen (secondary N) is 2. The van der Waals surface area contributed by atoms with Gasteiger partial charge in [-0.1, -0.05) is 6.07 Å². The summed E-state index contributed by atoms with van der Waals surface area (Å²) in [6.45, 7) is 3.85. The first kappa shape index (κ1) is 30.4. The van der Waals surface area contributed by atoms with Crippen molar-refractivity contribution < 1.29 is 31.1 Å². The third-order valence-corrected chi connectivity index (χ3v) is 9.87. The van der Waals surface area contributed by atoms with E-state index in [1.165, 1.54) is 88.0 Å². The van der Waals surface area contributed by atoms with Crippen molar-refractivity contribution in [1.29, 1.82) is 0 Å². The Kier molecular flexibility index (Phi) is 8.78. The average molecular weight is 610 g/mol. The van der Waals surface area contributed by atoms with E-state index in [0.717, 1.165) is 15.4 Å². The summed E-state index contributed by atoms with van der Waals surface area (Å²) in [7, 11) is -3.46. The van der Waals surface area contributed by atoms with E-state index in [0.29, 0.717) is 22.8 Å². The lowest BCUT2D eigenvalue weighted by molar-refractivity contribution is 0.102. The summed E-state index contributed by atoms with van der Waals surface area (Å²) in [4.78, 5) is 12.9. The van der Waals surface area contributed by atoms with Crippen molar-refractivity contribution in [2.24, 2.45) is 0 Å². The number of ether oxygens (including phenoxy) is 2. The van der Waals surface area contributed by atoms with Crippen LogP contribution in [0.5, 0.6) is 11.5 Å². The Labute approximate surface area is 246 Å². The molecule has 0 aliphatic rings. The van der Waals surface area contributed by atoms with Crippen LogP contribution in [0.3, 0.4) is 0 Å². The van der Waals surface area contributed by atoms with Gasteiger partial charge < -0.3 is 14.8 Å². The van der Waals surface area contributed by atoms with Crippen molar-refractivity contribution in [3.05, 3.63) is 102 Å². The molecule has 0 saturated carbocycles. The van der Waals surface area contributed by atoms with Crippen LogP contribution in [0.15, 0.2) is 94.7 Å². The predicted octanol–water partition coefficient (Wildman–Crippen LogP) is 5.20. The zero-order valence-corrected chi connectivity index (χ0v) is 25.3. The fourth-order valence-corrected chi connectivity index (χ4v) is 6.30. The molecule has 10 nitrogen and oxygen atoms in total. The molecule has 0 atom stereocenters. The van der Waals surface area contributed by atoms with Crippen molar-refractivity contribution in [1.82, 2.24) is 0 Å². The van der Waals surface area contributed by atoms with Crippen LogP contribution in [0.4, 0.5) is 17.1 Å². The molecular formula is C30H31N3O7S2. The maximum Gasteiger partial charge on any atom is 0.264 e. The number of rotatable bonds is 10. The van der Waals surface area contributed by atoms with Gasteiger partial charge in [0.2, 0.25) is 0 Å². The number of carbonyl (C=O) groups is 1. The van der Waals surface area contributed by atoms with Gasteiger partial charge in [-0.05, 0) is 97.8 Å². The Morgan fingerprint density at radius 1 is 0.690 bits per heavy atom. The Morgan fingerprint density at radius 2 is 1.29 bits per heavy atom. The second-order valence-electron chi connectivity index (χ2n) is 9.42. The van der Waals surface area contributed by atoms with Crippen LogP contribution in [0.1, 0.15) is 21.5 Å². The smallest absolute Gasteiger partial charge is 0.264 e. The number of amides is 1. The molecule has 0 aromatic heterocycles. The van der Waals surface area contributed by atoms with Gasteiger partial charge in [0.05, 0.1) is 29.7 Å². The highest BCUT2D eigenvalue weighted by Gasteiger charge is 2.23. The first-order chi connectivity index (χ1) is 19.8. The van der Waals surface area contributed by atoms with Crippen LogP contribution in [0, 0.1) is 13.8 Å². The molecular weight excluding hydrogens is 578 g/mol. The largest absolute Gasteiger partial charge is 0.493 e. The van der Waals surface area contributed by atoms with Crippen molar-refractivity contribution in [2.45, 2.75) is 23.6 Å². The first-order valence-corrected chi connectivity index (χ1v) is 15.6. The third-order valence-electron chi connectivity index (χ3n) is 6.69. The fourth-order valence-electron chi connectivity index (χ4n) is 4.04. The lowest BCUT2D eigenvalue weighted by atomic mass is 10.1. The minimum Gasteiger partial charge on any atom is -0.493 e. The molecule has 4 aromatic rings. The summed E-state index contributed by atoms with van der Waals surface area (Å²) in [6, 6.07) is 21.4. The molecule has 0 aliphatic heterocycles. The highest BCUT2D eigenvalue weighted by molar-refractivity contribution is 7.93. The van der Waals surface area contributed by atoms with Crippen LogP contribution in [-0.4, -0.2) is 44.0 Å². The summed E-state index contributed by atoms with van der Waals surface area (Å²) >= 11 is 0. The molecule has 0 radical (unpaired) electrons. The Hall–Kier alpha value is -4.55. The highest BCUT2D eigenvalue weighted by Crippen LogP contribution is 2.32. The van der Waals surface area contributed by atoms with Gasteiger partial charge in [0, 0.05) is 30.1 Å². The van der Waals surface area contributed by atoms with E-state index in [1.807, 2.05) is 19.9 Å². The van der Waals surface area contributed by atoms with Gasteiger partial charge >= 0.3 is 0 Å². The number of anilines is 3. The van der Waals surface area contributed by atoms with Crippen molar-refractivity contribution >= 4 is 43.0 Å². The first-order valence-electron chi connectivity index (χ1n) is 12.7. The summed E-state index contributed by atoms with van der Waals surface area (Å²) in [6.07, 6.45) is 0. The Balaban J connectivity index is 1.44. The van der Waals surface area contributed by atoms with Crippen molar-refractivity contribution in [2.75, 3.05) is 35.6 Å². The van der Waals surface area contributed by atoms with Gasteiger partial charge in [0.1, 0.15) is 0 Å². The van der Waals surface area contributed by atoms with E-state index in [2.05, 4.69) is 10.0 Å². The van der Waals surface area contributed by atoms with Gasteiger partial charge in [0.15, 0.2) is 11.5 Å². The highest BCUT2D eigenvalue weighted by atomic mass is 32.2. The van der Waals surface area contributed by atoms with E-state index in [-0.39, 0.29) is 21.1 Å². The van der Waals surface area contributed by atoms with Gasteiger partial charge in [-0.3, -0.25) is 13.8 Å². The molecule has 2 N–H and O–H groups in total. The zero-order chi connectivity index (χ0) is 30.7. The topological polar surface area (TPSA) is 131 Å². The summed E-state index contributed by atoms with van der Waals surface area (Å²) in [5.41, 5.74) is 3.49. The number of hydrogen-bond acceptors (Lipinski definition) is 7. The molecule has 0 fully saturated rings. The standard InChI is InChI=1S/C30H31N3O7S2/c1-20-6-9-24(18-21(20)2)32-41(35,36)26-14-10-23(11-15-26)31-30(34)22-7-12-25(13-8-22)33(3)42(37,38)27-16-17-28(39-4)29(19-27)40-5/h6-19,32H,1-5H3,(H,31,34). The van der Waals surface area contributed by atoms with Crippen LogP contribution in [-0.2, 0) is 20.0 Å². The Morgan fingerprint density at radius 3 is 1.88 bits per heavy atom. The van der Waals surface area contributed by atoms with E-state index in [4.69, 9.17) is 9.47 Å². The minimum absolute atomic E-state index is 0.0131. The molecule has 4 rings (SSSR count). The van der Waals surface area contributed by atoms with E-state index in [1.54, 1.807) is 12.1 Å². The molecule has 0 aliphatic carbocycles. The van der Waals surface area contributed by atoms with Crippen LogP contribution >= 0.6 is 0 Å². The van der Waals surface area contributed by atoms with Crippen LogP contribution in [0.25, 0.3) is 0 Å². The normalized spacial score (nSPS) is 11.5. The van der Waals surface area contributed by atoms with Crippen LogP contribution < -0.4 is 23.8 Å². The van der Waals surface area contributed by atoms with Crippen LogP contribution in [0.2, 0.25) is 0 Å². The fraction of sp³-hybridized carbons (Fsp3) is 0.167. The maximum atomic E-state index is 13.2. The number of carbonyl (C=O) groups excluding carboxylic acids is 1. The van der Waals surface area contributed by atoms with Gasteiger partial charge in [-0.25, -0.2) is 16.8 Å².